The van der Waals surface area contributed by atoms with Crippen LogP contribution in [0.3, 0.4) is 0 Å². The first-order valence-corrected chi connectivity index (χ1v) is 4.98. The lowest BCUT2D eigenvalue weighted by Crippen LogP contribution is -2.07. The van der Waals surface area contributed by atoms with Crippen LogP contribution < -0.4 is 5.32 Å². The fraction of sp³-hybridized carbons (Fsp3) is 0.455. The van der Waals surface area contributed by atoms with Crippen LogP contribution in [0.5, 0.6) is 0 Å². The Balaban J connectivity index is 3.01. The highest BCUT2D eigenvalue weighted by Crippen LogP contribution is 2.11. The van der Waals surface area contributed by atoms with Gasteiger partial charge in [-0.2, -0.15) is 5.10 Å². The van der Waals surface area contributed by atoms with Crippen molar-refractivity contribution in [2.75, 3.05) is 13.6 Å². The molecule has 0 fully saturated rings. The van der Waals surface area contributed by atoms with Crippen LogP contribution in [0.1, 0.15) is 28.2 Å². The predicted octanol–water partition coefficient (Wildman–Crippen LogP) is 0.388. The van der Waals surface area contributed by atoms with Crippen molar-refractivity contribution in [1.82, 2.24) is 15.1 Å². The van der Waals surface area contributed by atoms with E-state index in [2.05, 4.69) is 22.3 Å². The second kappa shape index (κ2) is 5.33. The maximum absolute atomic E-state index is 11.0. The fourth-order valence-corrected chi connectivity index (χ4v) is 1.39. The molecule has 0 atom stereocenters. The van der Waals surface area contributed by atoms with Crippen molar-refractivity contribution in [3.05, 3.63) is 17.0 Å². The standard InChI is InChI=1S/C11H15N3O2/c1-8-9(6-4-5-7-12-2)10(11(15)16)14(3)13-8/h12H,5,7H2,1-3H3,(H,15,16). The third kappa shape index (κ3) is 2.61. The van der Waals surface area contributed by atoms with Crippen molar-refractivity contribution in [3.8, 4) is 11.8 Å². The highest BCUT2D eigenvalue weighted by molar-refractivity contribution is 5.89. The third-order valence-electron chi connectivity index (χ3n) is 2.14. The minimum atomic E-state index is -0.999. The van der Waals surface area contributed by atoms with Gasteiger partial charge in [-0.15, -0.1) is 0 Å². The summed E-state index contributed by atoms with van der Waals surface area (Å²) < 4.78 is 1.35. The molecule has 0 aliphatic rings. The number of nitrogens with one attached hydrogen (secondary N) is 1. The van der Waals surface area contributed by atoms with Crippen LogP contribution in [0.4, 0.5) is 0 Å². The van der Waals surface area contributed by atoms with E-state index in [0.29, 0.717) is 17.7 Å². The van der Waals surface area contributed by atoms with Gasteiger partial charge in [-0.05, 0) is 14.0 Å². The van der Waals surface area contributed by atoms with Gasteiger partial charge in [-0.25, -0.2) is 4.79 Å². The first kappa shape index (κ1) is 12.3. The molecule has 2 N–H and O–H groups in total. The van der Waals surface area contributed by atoms with E-state index in [-0.39, 0.29) is 5.69 Å². The Morgan fingerprint density at radius 3 is 2.88 bits per heavy atom. The summed E-state index contributed by atoms with van der Waals surface area (Å²) in [6.07, 6.45) is 0.684. The lowest BCUT2D eigenvalue weighted by molar-refractivity contribution is 0.0684. The Morgan fingerprint density at radius 1 is 1.62 bits per heavy atom. The van der Waals surface area contributed by atoms with Crippen LogP contribution in [0, 0.1) is 18.8 Å². The smallest absolute Gasteiger partial charge is 0.355 e. The van der Waals surface area contributed by atoms with E-state index < -0.39 is 5.97 Å². The molecule has 0 bridgehead atoms. The lowest BCUT2D eigenvalue weighted by Gasteiger charge is -1.94. The Bertz CT molecular complexity index is 452. The van der Waals surface area contributed by atoms with Gasteiger partial charge in [-0.1, -0.05) is 11.8 Å². The summed E-state index contributed by atoms with van der Waals surface area (Å²) in [6.45, 7) is 2.54. The summed E-state index contributed by atoms with van der Waals surface area (Å²) in [5.41, 5.74) is 1.30. The Morgan fingerprint density at radius 2 is 2.31 bits per heavy atom. The van der Waals surface area contributed by atoms with Crippen molar-refractivity contribution in [1.29, 1.82) is 0 Å². The number of aromatic carboxylic acids is 1. The quantitative estimate of drug-likeness (QED) is 0.572. The van der Waals surface area contributed by atoms with E-state index in [1.807, 2.05) is 7.05 Å². The molecule has 0 aromatic carbocycles. The summed E-state index contributed by atoms with van der Waals surface area (Å²) in [5.74, 6) is 4.79. The number of rotatable bonds is 3. The molecule has 0 amide bonds. The second-order valence-corrected chi connectivity index (χ2v) is 3.39. The van der Waals surface area contributed by atoms with E-state index in [1.54, 1.807) is 14.0 Å². The fourth-order valence-electron chi connectivity index (χ4n) is 1.39. The molecular weight excluding hydrogens is 206 g/mol. The van der Waals surface area contributed by atoms with Crippen molar-refractivity contribution >= 4 is 5.97 Å². The highest BCUT2D eigenvalue weighted by atomic mass is 16.4. The molecule has 1 aromatic rings. The van der Waals surface area contributed by atoms with E-state index >= 15 is 0 Å². The molecule has 0 saturated carbocycles. The monoisotopic (exact) mass is 221 g/mol. The van der Waals surface area contributed by atoms with Crippen LogP contribution in [-0.4, -0.2) is 34.4 Å². The number of carboxylic acid groups (broad SMARTS) is 1. The summed E-state index contributed by atoms with van der Waals surface area (Å²) in [4.78, 5) is 11.0. The molecule has 0 spiro atoms. The van der Waals surface area contributed by atoms with Gasteiger partial charge in [0.25, 0.3) is 0 Å². The number of nitrogens with zero attached hydrogens (tertiary/aromatic N) is 2. The zero-order chi connectivity index (χ0) is 12.1. The second-order valence-electron chi connectivity index (χ2n) is 3.39. The van der Waals surface area contributed by atoms with Gasteiger partial charge < -0.3 is 10.4 Å². The molecule has 1 rings (SSSR count). The molecule has 0 aliphatic carbocycles. The topological polar surface area (TPSA) is 67.2 Å². The summed E-state index contributed by atoms with van der Waals surface area (Å²) in [7, 11) is 3.45. The first-order chi connectivity index (χ1) is 7.57. The first-order valence-electron chi connectivity index (χ1n) is 4.98. The van der Waals surface area contributed by atoms with Gasteiger partial charge in [0.2, 0.25) is 0 Å². The minimum absolute atomic E-state index is 0.148. The molecule has 0 aliphatic heterocycles. The van der Waals surface area contributed by atoms with Gasteiger partial charge in [0.1, 0.15) is 0 Å². The number of aryl methyl sites for hydroxylation is 2. The number of carboxylic acids is 1. The molecular formula is C11H15N3O2. The molecule has 0 saturated heterocycles. The zero-order valence-electron chi connectivity index (χ0n) is 9.66. The van der Waals surface area contributed by atoms with Crippen LogP contribution in [0.15, 0.2) is 0 Å². The lowest BCUT2D eigenvalue weighted by atomic mass is 10.2. The maximum Gasteiger partial charge on any atom is 0.355 e. The molecule has 1 aromatic heterocycles. The average Bonchev–Trinajstić information content (AvgIpc) is 2.48. The zero-order valence-corrected chi connectivity index (χ0v) is 9.66. The van der Waals surface area contributed by atoms with Crippen LogP contribution in [0.2, 0.25) is 0 Å². The van der Waals surface area contributed by atoms with Gasteiger partial charge in [0.15, 0.2) is 5.69 Å². The van der Waals surface area contributed by atoms with Crippen LogP contribution in [0.25, 0.3) is 0 Å². The molecule has 1 heterocycles. The Hall–Kier alpha value is -1.80. The number of hydrogen-bond donors (Lipinski definition) is 2. The van der Waals surface area contributed by atoms with E-state index in [4.69, 9.17) is 5.11 Å². The van der Waals surface area contributed by atoms with Gasteiger partial charge >= 0.3 is 5.97 Å². The van der Waals surface area contributed by atoms with Gasteiger partial charge in [0.05, 0.1) is 11.3 Å². The maximum atomic E-state index is 11.0. The van der Waals surface area contributed by atoms with Crippen LogP contribution in [-0.2, 0) is 7.05 Å². The van der Waals surface area contributed by atoms with E-state index in [9.17, 15) is 4.79 Å². The predicted molar refractivity (Wildman–Crippen MR) is 60.3 cm³/mol. The molecule has 16 heavy (non-hydrogen) atoms. The van der Waals surface area contributed by atoms with Crippen molar-refractivity contribution in [2.24, 2.45) is 7.05 Å². The van der Waals surface area contributed by atoms with E-state index in [0.717, 1.165) is 6.54 Å². The van der Waals surface area contributed by atoms with Crippen molar-refractivity contribution in [3.63, 3.8) is 0 Å². The number of aromatic nitrogens is 2. The number of carbonyl (C=O) groups is 1. The summed E-state index contributed by atoms with van der Waals surface area (Å²) in [5, 5.41) is 16.0. The Labute approximate surface area is 94.5 Å². The summed E-state index contributed by atoms with van der Waals surface area (Å²) >= 11 is 0. The minimum Gasteiger partial charge on any atom is -0.476 e. The molecule has 5 heteroatoms. The SMILES string of the molecule is CNCCC#Cc1c(C)nn(C)c1C(=O)O. The third-order valence-corrected chi connectivity index (χ3v) is 2.14. The number of hydrogen-bond acceptors (Lipinski definition) is 3. The summed E-state index contributed by atoms with van der Waals surface area (Å²) in [6, 6.07) is 0. The van der Waals surface area contributed by atoms with Gasteiger partial charge in [0, 0.05) is 20.0 Å². The molecule has 0 unspecified atom stereocenters. The van der Waals surface area contributed by atoms with Crippen molar-refractivity contribution < 1.29 is 9.90 Å². The van der Waals surface area contributed by atoms with Gasteiger partial charge in [-0.3, -0.25) is 4.68 Å². The molecule has 0 radical (unpaired) electrons. The molecule has 86 valence electrons. The largest absolute Gasteiger partial charge is 0.476 e. The molecule has 5 nitrogen and oxygen atoms in total. The average molecular weight is 221 g/mol. The van der Waals surface area contributed by atoms with Crippen molar-refractivity contribution in [2.45, 2.75) is 13.3 Å². The normalized spacial score (nSPS) is 9.69. The van der Waals surface area contributed by atoms with E-state index in [1.165, 1.54) is 4.68 Å². The highest BCUT2D eigenvalue weighted by Gasteiger charge is 2.17. The Kier molecular flexibility index (Phi) is 4.09. The van der Waals surface area contributed by atoms with Crippen LogP contribution >= 0.6 is 0 Å².